The van der Waals surface area contributed by atoms with Gasteiger partial charge in [0.05, 0.1) is 6.04 Å². The van der Waals surface area contributed by atoms with Crippen LogP contribution in [0.5, 0.6) is 0 Å². The number of hydrogen-bond acceptors (Lipinski definition) is 4. The number of nitrogens with one attached hydrogen (secondary N) is 1. The Balaban J connectivity index is 1.46. The van der Waals surface area contributed by atoms with Gasteiger partial charge in [-0.1, -0.05) is 48.5 Å². The standard InChI is InChI=1S/C24H27N3O2S/c25-20(15-18-16-30-22-11-5-4-10-19(18)22)23(28)26-21(14-17-8-2-1-3-9-17)24(29)27-12-6-7-13-27/h1-5,8-11,16,20-21H,6-7,12-15,25H2,(H,26,28)/t20?,21-/m0/s1. The molecule has 1 fully saturated rings. The number of fused-ring (bicyclic) bond motifs is 1. The molecule has 3 N–H and O–H groups in total. The average Bonchev–Trinajstić information content (AvgIpc) is 3.44. The van der Waals surface area contributed by atoms with Crippen molar-refractivity contribution in [2.75, 3.05) is 13.1 Å². The van der Waals surface area contributed by atoms with Crippen LogP contribution in [0.2, 0.25) is 0 Å². The lowest BCUT2D eigenvalue weighted by Crippen LogP contribution is -2.53. The van der Waals surface area contributed by atoms with E-state index in [-0.39, 0.29) is 11.8 Å². The van der Waals surface area contributed by atoms with Gasteiger partial charge < -0.3 is 16.0 Å². The highest BCUT2D eigenvalue weighted by atomic mass is 32.1. The van der Waals surface area contributed by atoms with E-state index in [0.717, 1.165) is 42.4 Å². The van der Waals surface area contributed by atoms with Crippen molar-refractivity contribution in [3.8, 4) is 0 Å². The molecule has 0 aliphatic carbocycles. The van der Waals surface area contributed by atoms with Crippen LogP contribution < -0.4 is 11.1 Å². The molecule has 1 aromatic heterocycles. The summed E-state index contributed by atoms with van der Waals surface area (Å²) >= 11 is 1.66. The van der Waals surface area contributed by atoms with Crippen molar-refractivity contribution in [3.05, 3.63) is 71.1 Å². The van der Waals surface area contributed by atoms with E-state index in [1.54, 1.807) is 11.3 Å². The highest BCUT2D eigenvalue weighted by Crippen LogP contribution is 2.26. The molecule has 5 nitrogen and oxygen atoms in total. The zero-order valence-electron chi connectivity index (χ0n) is 16.9. The minimum absolute atomic E-state index is 0.0158. The first kappa shape index (κ1) is 20.6. The molecule has 30 heavy (non-hydrogen) atoms. The summed E-state index contributed by atoms with van der Waals surface area (Å²) in [5.41, 5.74) is 8.36. The number of carbonyl (C=O) groups is 2. The van der Waals surface area contributed by atoms with Gasteiger partial charge in [0.1, 0.15) is 6.04 Å². The monoisotopic (exact) mass is 421 g/mol. The summed E-state index contributed by atoms with van der Waals surface area (Å²) < 4.78 is 1.19. The Morgan fingerprint density at radius 3 is 2.47 bits per heavy atom. The second-order valence-corrected chi connectivity index (χ2v) is 8.76. The Morgan fingerprint density at radius 2 is 1.70 bits per heavy atom. The van der Waals surface area contributed by atoms with Gasteiger partial charge in [0.25, 0.3) is 0 Å². The normalized spacial score (nSPS) is 15.8. The third-order valence-corrected chi connectivity index (χ3v) is 6.67. The Morgan fingerprint density at radius 1 is 1.00 bits per heavy atom. The van der Waals surface area contributed by atoms with Crippen LogP contribution in [0.25, 0.3) is 10.1 Å². The van der Waals surface area contributed by atoms with Crippen molar-refractivity contribution in [2.45, 2.75) is 37.8 Å². The second kappa shape index (κ2) is 9.41. The molecule has 0 radical (unpaired) electrons. The van der Waals surface area contributed by atoms with E-state index >= 15 is 0 Å². The van der Waals surface area contributed by atoms with Crippen LogP contribution in [0, 0.1) is 0 Å². The van der Waals surface area contributed by atoms with Crippen molar-refractivity contribution in [1.29, 1.82) is 0 Å². The predicted molar refractivity (Wildman–Crippen MR) is 121 cm³/mol. The molecular formula is C24H27N3O2S. The van der Waals surface area contributed by atoms with Gasteiger partial charge in [-0.2, -0.15) is 0 Å². The fraction of sp³-hybridized carbons (Fsp3) is 0.333. The molecule has 0 saturated carbocycles. The SMILES string of the molecule is NC(Cc1csc2ccccc12)C(=O)N[C@@H](Cc1ccccc1)C(=O)N1CCCC1. The number of likely N-dealkylation sites (tertiary alicyclic amines) is 1. The molecule has 6 heteroatoms. The average molecular weight is 422 g/mol. The highest BCUT2D eigenvalue weighted by molar-refractivity contribution is 7.17. The van der Waals surface area contributed by atoms with E-state index in [0.29, 0.717) is 12.8 Å². The molecule has 0 spiro atoms. The molecule has 0 bridgehead atoms. The van der Waals surface area contributed by atoms with Gasteiger partial charge in [0.15, 0.2) is 0 Å². The number of thiophene rings is 1. The lowest BCUT2D eigenvalue weighted by molar-refractivity contribution is -0.135. The topological polar surface area (TPSA) is 75.4 Å². The zero-order chi connectivity index (χ0) is 20.9. The van der Waals surface area contributed by atoms with Crippen LogP contribution in [-0.4, -0.2) is 41.9 Å². The lowest BCUT2D eigenvalue weighted by atomic mass is 10.0. The Hall–Kier alpha value is -2.70. The first-order valence-electron chi connectivity index (χ1n) is 10.5. The first-order chi connectivity index (χ1) is 14.6. The number of nitrogens with zero attached hydrogens (tertiary/aromatic N) is 1. The van der Waals surface area contributed by atoms with Crippen LogP contribution in [0.3, 0.4) is 0 Å². The molecule has 2 heterocycles. The molecule has 3 aromatic rings. The van der Waals surface area contributed by atoms with Gasteiger partial charge in [0, 0.05) is 24.2 Å². The van der Waals surface area contributed by atoms with Crippen molar-refractivity contribution in [3.63, 3.8) is 0 Å². The molecule has 1 aliphatic rings. The molecule has 1 saturated heterocycles. The highest BCUT2D eigenvalue weighted by Gasteiger charge is 2.29. The van der Waals surface area contributed by atoms with Crippen LogP contribution in [0.1, 0.15) is 24.0 Å². The van der Waals surface area contributed by atoms with Crippen LogP contribution in [-0.2, 0) is 22.4 Å². The van der Waals surface area contributed by atoms with E-state index < -0.39 is 12.1 Å². The second-order valence-electron chi connectivity index (χ2n) is 7.85. The number of amides is 2. The van der Waals surface area contributed by atoms with Gasteiger partial charge in [-0.3, -0.25) is 9.59 Å². The maximum absolute atomic E-state index is 13.1. The molecular weight excluding hydrogens is 394 g/mol. The van der Waals surface area contributed by atoms with Crippen molar-refractivity contribution < 1.29 is 9.59 Å². The summed E-state index contributed by atoms with van der Waals surface area (Å²) in [6.07, 6.45) is 2.95. The molecule has 2 atom stereocenters. The number of benzene rings is 2. The van der Waals surface area contributed by atoms with E-state index in [4.69, 9.17) is 5.73 Å². The number of nitrogens with two attached hydrogens (primary N) is 1. The summed E-state index contributed by atoms with van der Waals surface area (Å²) in [5.74, 6) is -0.295. The molecule has 1 unspecified atom stereocenters. The maximum atomic E-state index is 13.1. The molecule has 2 aromatic carbocycles. The Labute approximate surface area is 180 Å². The van der Waals surface area contributed by atoms with Crippen LogP contribution in [0.4, 0.5) is 0 Å². The number of rotatable bonds is 7. The largest absolute Gasteiger partial charge is 0.343 e. The number of carbonyl (C=O) groups excluding carboxylic acids is 2. The summed E-state index contributed by atoms with van der Waals surface area (Å²) in [5, 5.41) is 6.15. The van der Waals surface area contributed by atoms with Gasteiger partial charge in [-0.25, -0.2) is 0 Å². The third-order valence-electron chi connectivity index (χ3n) is 5.65. The number of hydrogen-bond donors (Lipinski definition) is 2. The van der Waals surface area contributed by atoms with E-state index in [9.17, 15) is 9.59 Å². The van der Waals surface area contributed by atoms with E-state index in [1.165, 1.54) is 4.70 Å². The minimum Gasteiger partial charge on any atom is -0.343 e. The minimum atomic E-state index is -0.701. The van der Waals surface area contributed by atoms with Crippen molar-refractivity contribution >= 4 is 33.2 Å². The van der Waals surface area contributed by atoms with Gasteiger partial charge in [-0.05, 0) is 47.2 Å². The van der Waals surface area contributed by atoms with Crippen molar-refractivity contribution in [2.24, 2.45) is 5.73 Å². The zero-order valence-corrected chi connectivity index (χ0v) is 17.7. The molecule has 156 valence electrons. The predicted octanol–water partition coefficient (Wildman–Crippen LogP) is 3.12. The van der Waals surface area contributed by atoms with E-state index in [2.05, 4.69) is 22.8 Å². The van der Waals surface area contributed by atoms with Gasteiger partial charge >= 0.3 is 0 Å². The van der Waals surface area contributed by atoms with Crippen LogP contribution in [0.15, 0.2) is 60.0 Å². The van der Waals surface area contributed by atoms with Gasteiger partial charge in [0.2, 0.25) is 11.8 Å². The quantitative estimate of drug-likeness (QED) is 0.615. The third kappa shape index (κ3) is 4.71. The smallest absolute Gasteiger partial charge is 0.245 e. The lowest BCUT2D eigenvalue weighted by Gasteiger charge is -2.25. The molecule has 4 rings (SSSR count). The summed E-state index contributed by atoms with van der Waals surface area (Å²) in [6.45, 7) is 1.51. The fourth-order valence-corrected chi connectivity index (χ4v) is 4.98. The Kier molecular flexibility index (Phi) is 6.45. The summed E-state index contributed by atoms with van der Waals surface area (Å²) in [7, 11) is 0. The first-order valence-corrected chi connectivity index (χ1v) is 11.3. The maximum Gasteiger partial charge on any atom is 0.245 e. The van der Waals surface area contributed by atoms with Gasteiger partial charge in [-0.15, -0.1) is 11.3 Å². The fourth-order valence-electron chi connectivity index (χ4n) is 4.01. The molecule has 1 aliphatic heterocycles. The van der Waals surface area contributed by atoms with Crippen molar-refractivity contribution in [1.82, 2.24) is 10.2 Å². The summed E-state index contributed by atoms with van der Waals surface area (Å²) in [6, 6.07) is 16.6. The Bertz CT molecular complexity index is 1010. The van der Waals surface area contributed by atoms with E-state index in [1.807, 2.05) is 47.4 Å². The van der Waals surface area contributed by atoms with Crippen LogP contribution >= 0.6 is 11.3 Å². The molecule has 2 amide bonds. The summed E-state index contributed by atoms with van der Waals surface area (Å²) in [4.78, 5) is 27.8.